The Kier molecular flexibility index (Phi) is 4.96. The van der Waals surface area contributed by atoms with Gasteiger partial charge in [0.1, 0.15) is 0 Å². The Morgan fingerprint density at radius 2 is 2.10 bits per heavy atom. The van der Waals surface area contributed by atoms with Crippen molar-refractivity contribution >= 4 is 17.5 Å². The number of amides is 2. The fraction of sp³-hybridized carbons (Fsp3) is 0.500. The molecule has 1 aliphatic heterocycles. The predicted octanol–water partition coefficient (Wildman–Crippen LogP) is 1.50. The van der Waals surface area contributed by atoms with Crippen molar-refractivity contribution in [3.05, 3.63) is 29.8 Å². The highest BCUT2D eigenvalue weighted by Gasteiger charge is 2.35. The Morgan fingerprint density at radius 1 is 1.43 bits per heavy atom. The van der Waals surface area contributed by atoms with Crippen molar-refractivity contribution in [3.8, 4) is 0 Å². The van der Waals surface area contributed by atoms with Crippen LogP contribution in [0, 0.1) is 12.8 Å². The number of aryl methyl sites for hydroxylation is 1. The molecule has 0 bridgehead atoms. The number of nitrogens with one attached hydrogen (secondary N) is 1. The first-order chi connectivity index (χ1) is 10.0. The lowest BCUT2D eigenvalue weighted by molar-refractivity contribution is -0.127. The molecular weight excluding hydrogens is 268 g/mol. The number of methoxy groups -OCH3 is 1. The van der Waals surface area contributed by atoms with Gasteiger partial charge in [0.15, 0.2) is 0 Å². The summed E-state index contributed by atoms with van der Waals surface area (Å²) in [7, 11) is 1.60. The summed E-state index contributed by atoms with van der Waals surface area (Å²) in [6.07, 6.45) is 0.263. The molecule has 2 rings (SSSR count). The fourth-order valence-electron chi connectivity index (χ4n) is 2.51. The zero-order valence-electron chi connectivity index (χ0n) is 12.8. The van der Waals surface area contributed by atoms with Crippen molar-refractivity contribution in [3.63, 3.8) is 0 Å². The normalized spacial score (nSPS) is 19.7. The minimum atomic E-state index is -0.293. The van der Waals surface area contributed by atoms with Crippen LogP contribution in [-0.2, 0) is 14.3 Å². The van der Waals surface area contributed by atoms with E-state index in [0.29, 0.717) is 13.2 Å². The van der Waals surface area contributed by atoms with Crippen LogP contribution in [0.5, 0.6) is 0 Å². The van der Waals surface area contributed by atoms with Gasteiger partial charge in [-0.2, -0.15) is 0 Å². The maximum Gasteiger partial charge on any atom is 0.227 e. The molecule has 2 atom stereocenters. The van der Waals surface area contributed by atoms with Gasteiger partial charge in [-0.3, -0.25) is 9.59 Å². The summed E-state index contributed by atoms with van der Waals surface area (Å²) in [6.45, 7) is 4.79. The van der Waals surface area contributed by atoms with Gasteiger partial charge < -0.3 is 15.0 Å². The van der Waals surface area contributed by atoms with Crippen LogP contribution >= 0.6 is 0 Å². The average Bonchev–Trinajstić information content (AvgIpc) is 2.82. The molecule has 5 nitrogen and oxygen atoms in total. The first kappa shape index (κ1) is 15.5. The number of carbonyl (C=O) groups excluding carboxylic acids is 2. The van der Waals surface area contributed by atoms with Crippen molar-refractivity contribution in [2.24, 2.45) is 5.92 Å². The third-order valence-electron chi connectivity index (χ3n) is 3.65. The second-order valence-electron chi connectivity index (χ2n) is 5.61. The summed E-state index contributed by atoms with van der Waals surface area (Å²) < 4.78 is 5.00. The molecule has 0 unspecified atom stereocenters. The van der Waals surface area contributed by atoms with Crippen LogP contribution in [0.4, 0.5) is 5.69 Å². The molecule has 5 heteroatoms. The van der Waals surface area contributed by atoms with Gasteiger partial charge in [-0.15, -0.1) is 0 Å². The van der Waals surface area contributed by atoms with Crippen LogP contribution in [0.15, 0.2) is 24.3 Å². The smallest absolute Gasteiger partial charge is 0.227 e. The average molecular weight is 290 g/mol. The Hall–Kier alpha value is -1.88. The number of carbonyl (C=O) groups is 2. The third kappa shape index (κ3) is 3.82. The zero-order chi connectivity index (χ0) is 15.4. The molecule has 0 aliphatic carbocycles. The first-order valence-corrected chi connectivity index (χ1v) is 7.17. The van der Waals surface area contributed by atoms with E-state index in [1.807, 2.05) is 38.1 Å². The summed E-state index contributed by atoms with van der Waals surface area (Å²) in [5.74, 6) is -0.376. The number of hydrogen-bond acceptors (Lipinski definition) is 3. The zero-order valence-corrected chi connectivity index (χ0v) is 12.8. The van der Waals surface area contributed by atoms with Crippen LogP contribution in [0.1, 0.15) is 18.9 Å². The van der Waals surface area contributed by atoms with E-state index in [9.17, 15) is 9.59 Å². The molecule has 2 amide bonds. The van der Waals surface area contributed by atoms with E-state index >= 15 is 0 Å². The number of hydrogen-bond donors (Lipinski definition) is 1. The molecule has 0 aromatic heterocycles. The molecule has 1 fully saturated rings. The van der Waals surface area contributed by atoms with Crippen molar-refractivity contribution in [2.75, 3.05) is 25.2 Å². The van der Waals surface area contributed by atoms with Crippen molar-refractivity contribution < 1.29 is 14.3 Å². The first-order valence-electron chi connectivity index (χ1n) is 7.17. The van der Waals surface area contributed by atoms with Gasteiger partial charge in [-0.05, 0) is 26.0 Å². The number of benzene rings is 1. The minimum Gasteiger partial charge on any atom is -0.383 e. The molecule has 1 aromatic rings. The maximum atomic E-state index is 12.2. The van der Waals surface area contributed by atoms with E-state index < -0.39 is 0 Å². The molecule has 0 saturated carbocycles. The van der Waals surface area contributed by atoms with Crippen LogP contribution < -0.4 is 10.2 Å². The second kappa shape index (κ2) is 6.72. The number of rotatable bonds is 5. The highest BCUT2D eigenvalue weighted by molar-refractivity contribution is 6.00. The largest absolute Gasteiger partial charge is 0.383 e. The quantitative estimate of drug-likeness (QED) is 0.894. The number of anilines is 1. The fourth-order valence-corrected chi connectivity index (χ4v) is 2.51. The Morgan fingerprint density at radius 3 is 2.71 bits per heavy atom. The molecule has 0 spiro atoms. The maximum absolute atomic E-state index is 12.2. The third-order valence-corrected chi connectivity index (χ3v) is 3.65. The molecular formula is C16H22N2O3. The van der Waals surface area contributed by atoms with E-state index in [2.05, 4.69) is 5.32 Å². The van der Waals surface area contributed by atoms with Gasteiger partial charge in [0, 0.05) is 31.8 Å². The monoisotopic (exact) mass is 290 g/mol. The summed E-state index contributed by atoms with van der Waals surface area (Å²) in [4.78, 5) is 26.0. The van der Waals surface area contributed by atoms with Crippen molar-refractivity contribution in [2.45, 2.75) is 26.3 Å². The second-order valence-corrected chi connectivity index (χ2v) is 5.61. The Labute approximate surface area is 125 Å². The number of ether oxygens (including phenoxy) is 1. The topological polar surface area (TPSA) is 58.6 Å². The molecule has 1 aromatic carbocycles. The molecule has 1 aliphatic rings. The van der Waals surface area contributed by atoms with Gasteiger partial charge >= 0.3 is 0 Å². The van der Waals surface area contributed by atoms with Crippen molar-refractivity contribution in [1.82, 2.24) is 5.32 Å². The number of nitrogens with zero attached hydrogens (tertiary/aromatic N) is 1. The summed E-state index contributed by atoms with van der Waals surface area (Å²) in [6, 6.07) is 7.72. The lowest BCUT2D eigenvalue weighted by Gasteiger charge is -2.18. The highest BCUT2D eigenvalue weighted by atomic mass is 16.5. The van der Waals surface area contributed by atoms with Gasteiger partial charge in [0.05, 0.1) is 12.5 Å². The Balaban J connectivity index is 1.99. The lowest BCUT2D eigenvalue weighted by atomic mass is 10.1. The molecule has 114 valence electrons. The summed E-state index contributed by atoms with van der Waals surface area (Å²) >= 11 is 0. The Bertz CT molecular complexity index is 513. The van der Waals surface area contributed by atoms with Gasteiger partial charge in [-0.1, -0.05) is 17.7 Å². The van der Waals surface area contributed by atoms with E-state index in [1.54, 1.807) is 12.0 Å². The van der Waals surface area contributed by atoms with Crippen LogP contribution in [-0.4, -0.2) is 38.1 Å². The van der Waals surface area contributed by atoms with E-state index in [-0.39, 0.29) is 30.2 Å². The molecule has 0 radical (unpaired) electrons. The predicted molar refractivity (Wildman–Crippen MR) is 81.1 cm³/mol. The van der Waals surface area contributed by atoms with E-state index in [0.717, 1.165) is 11.3 Å². The molecule has 1 N–H and O–H groups in total. The van der Waals surface area contributed by atoms with Gasteiger partial charge in [-0.25, -0.2) is 0 Å². The van der Waals surface area contributed by atoms with Crippen LogP contribution in [0.25, 0.3) is 0 Å². The molecule has 1 heterocycles. The van der Waals surface area contributed by atoms with Crippen molar-refractivity contribution in [1.29, 1.82) is 0 Å². The van der Waals surface area contributed by atoms with Gasteiger partial charge in [0.25, 0.3) is 0 Å². The molecule has 21 heavy (non-hydrogen) atoms. The van der Waals surface area contributed by atoms with E-state index in [1.165, 1.54) is 0 Å². The standard InChI is InChI=1S/C16H22N2O3/c1-11-4-6-14(7-5-11)18-9-13(8-15(18)19)16(20)17-12(2)10-21-3/h4-7,12-13H,8-10H2,1-3H3,(H,17,20)/t12-,13-/m0/s1. The SMILES string of the molecule is COC[C@H](C)NC(=O)[C@H]1CC(=O)N(c2ccc(C)cc2)C1. The minimum absolute atomic E-state index is 0.00148. The van der Waals surface area contributed by atoms with Crippen LogP contribution in [0.2, 0.25) is 0 Å². The summed E-state index contributed by atoms with van der Waals surface area (Å²) in [5, 5.41) is 2.88. The molecule has 1 saturated heterocycles. The lowest BCUT2D eigenvalue weighted by Crippen LogP contribution is -2.40. The summed E-state index contributed by atoms with van der Waals surface area (Å²) in [5.41, 5.74) is 2.00. The van der Waals surface area contributed by atoms with Gasteiger partial charge in [0.2, 0.25) is 11.8 Å². The highest BCUT2D eigenvalue weighted by Crippen LogP contribution is 2.25. The van der Waals surface area contributed by atoms with Crippen LogP contribution in [0.3, 0.4) is 0 Å². The van der Waals surface area contributed by atoms with E-state index in [4.69, 9.17) is 4.74 Å².